The molecule has 1 amide bonds. The van der Waals surface area contributed by atoms with E-state index in [1.54, 1.807) is 23.2 Å². The molecule has 192 valence electrons. The van der Waals surface area contributed by atoms with E-state index in [0.29, 0.717) is 53.6 Å². The van der Waals surface area contributed by atoms with Gasteiger partial charge in [-0.2, -0.15) is 0 Å². The summed E-state index contributed by atoms with van der Waals surface area (Å²) in [6.07, 6.45) is 3.22. The van der Waals surface area contributed by atoms with Gasteiger partial charge in [0.15, 0.2) is 0 Å². The lowest BCUT2D eigenvalue weighted by Crippen LogP contribution is -2.25. The summed E-state index contributed by atoms with van der Waals surface area (Å²) in [5.41, 5.74) is 9.75. The first-order valence-corrected chi connectivity index (χ1v) is 11.6. The number of hydrogen-bond donors (Lipinski definition) is 3. The molecule has 5 rings (SSSR count). The molecule has 0 fully saturated rings. The first-order chi connectivity index (χ1) is 17.6. The van der Waals surface area contributed by atoms with Gasteiger partial charge in [-0.15, -0.1) is 0 Å². The zero-order chi connectivity index (χ0) is 26.9. The highest BCUT2D eigenvalue weighted by Crippen LogP contribution is 2.34. The van der Waals surface area contributed by atoms with E-state index in [4.69, 9.17) is 15.6 Å². The number of carbonyl (C=O) groups is 2. The fraction of sp³-hybridized carbons (Fsp3) is 0.280. The third-order valence-corrected chi connectivity index (χ3v) is 6.10. The van der Waals surface area contributed by atoms with Crippen molar-refractivity contribution in [3.63, 3.8) is 0 Å². The molecule has 0 bridgehead atoms. The minimum atomic E-state index is -0.833. The van der Waals surface area contributed by atoms with Gasteiger partial charge in [-0.05, 0) is 43.1 Å². The highest BCUT2D eigenvalue weighted by atomic mass is 16.6. The Kier molecular flexibility index (Phi) is 7.02. The van der Waals surface area contributed by atoms with Crippen LogP contribution in [-0.4, -0.2) is 49.5 Å². The topological polar surface area (TPSA) is 177 Å². The SMILES string of the molecule is CC(=O)N1CCc2cc3nc(-c4cn(CCCN)c5cc([N+](=O)[O-])ccc45)c(=O)[nH]c3cc21.CC(=O)O. The van der Waals surface area contributed by atoms with Gasteiger partial charge in [0.2, 0.25) is 5.91 Å². The Labute approximate surface area is 210 Å². The summed E-state index contributed by atoms with van der Waals surface area (Å²) in [5, 5.41) is 19.4. The molecular formula is C25H26N6O6. The molecule has 0 radical (unpaired) electrons. The van der Waals surface area contributed by atoms with Crippen LogP contribution in [0.15, 0.2) is 41.3 Å². The van der Waals surface area contributed by atoms with E-state index >= 15 is 0 Å². The number of fused-ring (bicyclic) bond motifs is 3. The number of nitrogens with two attached hydrogens (primary N) is 1. The van der Waals surface area contributed by atoms with Gasteiger partial charge in [0.1, 0.15) is 5.69 Å². The lowest BCUT2D eigenvalue weighted by Gasteiger charge is -2.15. The minimum Gasteiger partial charge on any atom is -0.481 e. The number of H-pyrrole nitrogens is 1. The Balaban J connectivity index is 0.000000747. The number of hydrogen-bond acceptors (Lipinski definition) is 7. The van der Waals surface area contributed by atoms with Crippen LogP contribution in [0.4, 0.5) is 11.4 Å². The molecule has 1 aliphatic heterocycles. The average Bonchev–Trinajstić information content (AvgIpc) is 3.41. The molecule has 4 aromatic rings. The predicted octanol–water partition coefficient (Wildman–Crippen LogP) is 2.80. The Morgan fingerprint density at radius 3 is 2.62 bits per heavy atom. The molecule has 12 heteroatoms. The molecule has 0 saturated heterocycles. The van der Waals surface area contributed by atoms with E-state index in [2.05, 4.69) is 9.97 Å². The van der Waals surface area contributed by atoms with E-state index < -0.39 is 10.9 Å². The van der Waals surface area contributed by atoms with Crippen LogP contribution in [0.2, 0.25) is 0 Å². The lowest BCUT2D eigenvalue weighted by molar-refractivity contribution is -0.384. The quantitative estimate of drug-likeness (QED) is 0.273. The van der Waals surface area contributed by atoms with Gasteiger partial charge in [0.05, 0.1) is 21.5 Å². The van der Waals surface area contributed by atoms with E-state index in [9.17, 15) is 19.7 Å². The van der Waals surface area contributed by atoms with E-state index in [0.717, 1.165) is 24.6 Å². The first-order valence-electron chi connectivity index (χ1n) is 11.6. The number of non-ortho nitro benzene ring substituents is 1. The number of benzene rings is 2. The zero-order valence-electron chi connectivity index (χ0n) is 20.4. The third kappa shape index (κ3) is 5.05. The van der Waals surface area contributed by atoms with Crippen LogP contribution >= 0.6 is 0 Å². The summed E-state index contributed by atoms with van der Waals surface area (Å²) in [5.74, 6) is -0.876. The van der Waals surface area contributed by atoms with Crippen molar-refractivity contribution in [2.24, 2.45) is 5.73 Å². The lowest BCUT2D eigenvalue weighted by atomic mass is 10.1. The fourth-order valence-corrected chi connectivity index (χ4v) is 4.51. The second kappa shape index (κ2) is 10.2. The number of amides is 1. The summed E-state index contributed by atoms with van der Waals surface area (Å²) in [7, 11) is 0. The Hall–Kier alpha value is -4.58. The number of nitro groups is 1. The molecule has 3 heterocycles. The number of nitrogens with one attached hydrogen (secondary N) is 1. The van der Waals surface area contributed by atoms with Crippen molar-refractivity contribution in [2.45, 2.75) is 33.2 Å². The van der Waals surface area contributed by atoms with Crippen molar-refractivity contribution in [1.82, 2.24) is 14.5 Å². The monoisotopic (exact) mass is 506 g/mol. The summed E-state index contributed by atoms with van der Waals surface area (Å²) in [6.45, 7) is 4.24. The van der Waals surface area contributed by atoms with Crippen LogP contribution in [0.1, 0.15) is 25.8 Å². The number of anilines is 1. The van der Waals surface area contributed by atoms with Crippen molar-refractivity contribution in [3.05, 3.63) is 62.6 Å². The molecule has 2 aromatic heterocycles. The van der Waals surface area contributed by atoms with E-state index in [-0.39, 0.29) is 22.8 Å². The Morgan fingerprint density at radius 1 is 1.24 bits per heavy atom. The van der Waals surface area contributed by atoms with Gasteiger partial charge < -0.3 is 25.3 Å². The van der Waals surface area contributed by atoms with Crippen molar-refractivity contribution in [2.75, 3.05) is 18.0 Å². The summed E-state index contributed by atoms with van der Waals surface area (Å²) in [6, 6.07) is 8.29. The number of aromatic amines is 1. The minimum absolute atomic E-state index is 0.0212. The van der Waals surface area contributed by atoms with Crippen molar-refractivity contribution >= 4 is 45.2 Å². The maximum atomic E-state index is 13.1. The van der Waals surface area contributed by atoms with Crippen LogP contribution in [0.25, 0.3) is 33.2 Å². The number of rotatable bonds is 5. The van der Waals surface area contributed by atoms with E-state index in [1.807, 2.05) is 10.6 Å². The number of aromatic nitrogens is 3. The molecular weight excluding hydrogens is 480 g/mol. The summed E-state index contributed by atoms with van der Waals surface area (Å²) >= 11 is 0. The summed E-state index contributed by atoms with van der Waals surface area (Å²) in [4.78, 5) is 54.1. The van der Waals surface area contributed by atoms with Gasteiger partial charge in [-0.1, -0.05) is 0 Å². The number of nitro benzene ring substituents is 1. The second-order valence-corrected chi connectivity index (χ2v) is 8.69. The van der Waals surface area contributed by atoms with Crippen LogP contribution < -0.4 is 16.2 Å². The maximum Gasteiger partial charge on any atom is 0.300 e. The Morgan fingerprint density at radius 2 is 1.97 bits per heavy atom. The van der Waals surface area contributed by atoms with Gasteiger partial charge in [0, 0.05) is 61.9 Å². The standard InChI is InChI=1S/C23H22N6O4.C2H4O2/c1-13(30)28-8-5-14-9-18-19(11-20(14)28)26-23(31)22(25-18)17-12-27(7-2-6-24)21-10-15(29(32)33)3-4-16(17)21;1-2(3)4/h3-4,9-12H,2,5-8,24H2,1H3,(H,26,31);1H3,(H,3,4). The highest BCUT2D eigenvalue weighted by Gasteiger charge is 2.24. The molecule has 0 aliphatic carbocycles. The molecule has 4 N–H and O–H groups in total. The summed E-state index contributed by atoms with van der Waals surface area (Å²) < 4.78 is 1.88. The van der Waals surface area contributed by atoms with Crippen molar-refractivity contribution < 1.29 is 19.6 Å². The molecule has 0 spiro atoms. The van der Waals surface area contributed by atoms with Gasteiger partial charge in [0.25, 0.3) is 17.2 Å². The normalized spacial score (nSPS) is 12.4. The van der Waals surface area contributed by atoms with Gasteiger partial charge in [-0.25, -0.2) is 4.98 Å². The number of aliphatic carboxylic acids is 1. The number of aryl methyl sites for hydroxylation is 1. The molecule has 2 aromatic carbocycles. The molecule has 0 saturated carbocycles. The van der Waals surface area contributed by atoms with E-state index in [1.165, 1.54) is 19.1 Å². The van der Waals surface area contributed by atoms with Gasteiger partial charge >= 0.3 is 0 Å². The number of carboxylic acid groups (broad SMARTS) is 1. The maximum absolute atomic E-state index is 13.1. The molecule has 0 atom stereocenters. The third-order valence-electron chi connectivity index (χ3n) is 6.10. The highest BCUT2D eigenvalue weighted by molar-refractivity contribution is 5.99. The first kappa shape index (κ1) is 25.5. The molecule has 1 aliphatic rings. The van der Waals surface area contributed by atoms with Crippen LogP contribution in [0.5, 0.6) is 0 Å². The van der Waals surface area contributed by atoms with Crippen LogP contribution in [0.3, 0.4) is 0 Å². The number of nitrogens with zero attached hydrogens (tertiary/aromatic N) is 4. The predicted molar refractivity (Wildman–Crippen MR) is 139 cm³/mol. The second-order valence-electron chi connectivity index (χ2n) is 8.69. The van der Waals surface area contributed by atoms with Gasteiger partial charge in [-0.3, -0.25) is 24.5 Å². The van der Waals surface area contributed by atoms with Crippen LogP contribution in [0, 0.1) is 10.1 Å². The molecule has 12 nitrogen and oxygen atoms in total. The zero-order valence-corrected chi connectivity index (χ0v) is 20.4. The van der Waals surface area contributed by atoms with Crippen molar-refractivity contribution in [3.8, 4) is 11.3 Å². The fourth-order valence-electron chi connectivity index (χ4n) is 4.51. The van der Waals surface area contributed by atoms with Crippen molar-refractivity contribution in [1.29, 1.82) is 0 Å². The average molecular weight is 507 g/mol. The largest absolute Gasteiger partial charge is 0.481 e. The number of carbonyl (C=O) groups excluding carboxylic acids is 1. The van der Waals surface area contributed by atoms with Crippen LogP contribution in [-0.2, 0) is 22.6 Å². The smallest absolute Gasteiger partial charge is 0.300 e. The molecule has 37 heavy (non-hydrogen) atoms. The molecule has 0 unspecified atom stereocenters. The number of carboxylic acids is 1. The Bertz CT molecular complexity index is 1600.